The largest absolute Gasteiger partial charge is 0.497 e. The van der Waals surface area contributed by atoms with Gasteiger partial charge in [0, 0.05) is 5.69 Å². The van der Waals surface area contributed by atoms with Gasteiger partial charge in [0.15, 0.2) is 0 Å². The molecule has 1 unspecified atom stereocenters. The van der Waals surface area contributed by atoms with Crippen molar-refractivity contribution in [1.29, 1.82) is 0 Å². The van der Waals surface area contributed by atoms with Crippen molar-refractivity contribution in [3.8, 4) is 5.75 Å². The number of rotatable bonds is 3. The summed E-state index contributed by atoms with van der Waals surface area (Å²) in [5.41, 5.74) is 7.16. The Kier molecular flexibility index (Phi) is 3.68. The number of hydrogen-bond donors (Lipinski definition) is 2. The summed E-state index contributed by atoms with van der Waals surface area (Å²) in [7, 11) is 1.61. The number of carbonyl (C=O) groups excluding carboxylic acids is 1. The molecule has 15 heavy (non-hydrogen) atoms. The number of ether oxygens (including phenoxy) is 1. The van der Waals surface area contributed by atoms with Crippen molar-refractivity contribution in [2.75, 3.05) is 12.4 Å². The Morgan fingerprint density at radius 2 is 2.20 bits per heavy atom. The lowest BCUT2D eigenvalue weighted by atomic mass is 10.2. The van der Waals surface area contributed by atoms with E-state index in [1.807, 2.05) is 13.0 Å². The molecule has 1 aromatic rings. The van der Waals surface area contributed by atoms with Crippen molar-refractivity contribution in [1.82, 2.24) is 0 Å². The minimum absolute atomic E-state index is 0.191. The summed E-state index contributed by atoms with van der Waals surface area (Å²) in [4.78, 5) is 11.4. The van der Waals surface area contributed by atoms with Crippen LogP contribution in [0.1, 0.15) is 12.5 Å². The van der Waals surface area contributed by atoms with Crippen molar-refractivity contribution in [3.63, 3.8) is 0 Å². The molecule has 3 N–H and O–H groups in total. The number of hydrogen-bond acceptors (Lipinski definition) is 3. The van der Waals surface area contributed by atoms with Gasteiger partial charge in [0.1, 0.15) is 5.75 Å². The molecule has 0 aromatic heterocycles. The smallest absolute Gasteiger partial charge is 0.241 e. The van der Waals surface area contributed by atoms with Crippen LogP contribution in [0.2, 0.25) is 0 Å². The van der Waals surface area contributed by atoms with Crippen LogP contribution in [0.5, 0.6) is 5.75 Å². The zero-order valence-corrected chi connectivity index (χ0v) is 9.20. The standard InChI is InChI=1S/C11H16N2O2/c1-7-6-9(15-3)4-5-10(7)13-11(14)8(2)12/h4-6,8H,12H2,1-3H3,(H,13,14). The Morgan fingerprint density at radius 1 is 1.53 bits per heavy atom. The average molecular weight is 208 g/mol. The third-order valence-corrected chi connectivity index (χ3v) is 2.11. The first kappa shape index (κ1) is 11.5. The molecule has 4 nitrogen and oxygen atoms in total. The van der Waals surface area contributed by atoms with Gasteiger partial charge in [-0.15, -0.1) is 0 Å². The monoisotopic (exact) mass is 208 g/mol. The predicted octanol–water partition coefficient (Wildman–Crippen LogP) is 1.29. The Hall–Kier alpha value is -1.55. The summed E-state index contributed by atoms with van der Waals surface area (Å²) in [6.45, 7) is 3.55. The number of nitrogens with one attached hydrogen (secondary N) is 1. The van der Waals surface area contributed by atoms with Crippen molar-refractivity contribution < 1.29 is 9.53 Å². The average Bonchev–Trinajstić information content (AvgIpc) is 2.20. The summed E-state index contributed by atoms with van der Waals surface area (Å²) in [6.07, 6.45) is 0. The van der Waals surface area contributed by atoms with Gasteiger partial charge in [-0.05, 0) is 37.6 Å². The molecule has 1 amide bonds. The van der Waals surface area contributed by atoms with Crippen molar-refractivity contribution >= 4 is 11.6 Å². The van der Waals surface area contributed by atoms with Gasteiger partial charge in [-0.1, -0.05) is 0 Å². The van der Waals surface area contributed by atoms with Crippen molar-refractivity contribution in [2.45, 2.75) is 19.9 Å². The Labute approximate surface area is 89.4 Å². The highest BCUT2D eigenvalue weighted by Crippen LogP contribution is 2.20. The first-order valence-corrected chi connectivity index (χ1v) is 4.75. The van der Waals surface area contributed by atoms with E-state index in [0.29, 0.717) is 0 Å². The molecule has 0 saturated heterocycles. The zero-order chi connectivity index (χ0) is 11.4. The molecule has 0 aliphatic rings. The molecule has 0 aliphatic heterocycles. The SMILES string of the molecule is COc1ccc(NC(=O)C(C)N)c(C)c1. The summed E-state index contributed by atoms with van der Waals surface area (Å²) in [6, 6.07) is 4.95. The fourth-order valence-electron chi connectivity index (χ4n) is 1.15. The third kappa shape index (κ3) is 2.95. The van der Waals surface area contributed by atoms with E-state index in [1.54, 1.807) is 26.2 Å². The van der Waals surface area contributed by atoms with Crippen LogP contribution in [0.3, 0.4) is 0 Å². The van der Waals surface area contributed by atoms with E-state index in [0.717, 1.165) is 17.0 Å². The van der Waals surface area contributed by atoms with Gasteiger partial charge in [-0.3, -0.25) is 4.79 Å². The lowest BCUT2D eigenvalue weighted by molar-refractivity contribution is -0.117. The van der Waals surface area contributed by atoms with Gasteiger partial charge < -0.3 is 15.8 Å². The summed E-state index contributed by atoms with van der Waals surface area (Å²) in [5.74, 6) is 0.578. The summed E-state index contributed by atoms with van der Waals surface area (Å²) in [5, 5.41) is 2.74. The molecule has 4 heteroatoms. The van der Waals surface area contributed by atoms with E-state index in [2.05, 4.69) is 5.32 Å². The number of benzene rings is 1. The van der Waals surface area contributed by atoms with Gasteiger partial charge in [0.05, 0.1) is 13.2 Å². The molecule has 82 valence electrons. The number of anilines is 1. The molecule has 0 heterocycles. The second-order valence-corrected chi connectivity index (χ2v) is 3.46. The third-order valence-electron chi connectivity index (χ3n) is 2.11. The quantitative estimate of drug-likeness (QED) is 0.786. The normalized spacial score (nSPS) is 12.0. The molecule has 0 saturated carbocycles. The molecule has 1 aromatic carbocycles. The van der Waals surface area contributed by atoms with E-state index >= 15 is 0 Å². The molecule has 0 fully saturated rings. The molecule has 0 spiro atoms. The van der Waals surface area contributed by atoms with Crippen LogP contribution in [0.4, 0.5) is 5.69 Å². The highest BCUT2D eigenvalue weighted by Gasteiger charge is 2.09. The molecule has 1 atom stereocenters. The van der Waals surface area contributed by atoms with Crippen LogP contribution in [0, 0.1) is 6.92 Å². The number of aryl methyl sites for hydroxylation is 1. The van der Waals surface area contributed by atoms with E-state index in [4.69, 9.17) is 10.5 Å². The van der Waals surface area contributed by atoms with Gasteiger partial charge in [-0.2, -0.15) is 0 Å². The second kappa shape index (κ2) is 4.79. The van der Waals surface area contributed by atoms with Crippen LogP contribution in [0.25, 0.3) is 0 Å². The Bertz CT molecular complexity index is 362. The maximum Gasteiger partial charge on any atom is 0.241 e. The minimum atomic E-state index is -0.508. The van der Waals surface area contributed by atoms with Crippen molar-refractivity contribution in [2.24, 2.45) is 5.73 Å². The fraction of sp³-hybridized carbons (Fsp3) is 0.364. The van der Waals surface area contributed by atoms with Crippen LogP contribution >= 0.6 is 0 Å². The van der Waals surface area contributed by atoms with Gasteiger partial charge in [0.2, 0.25) is 5.91 Å². The Morgan fingerprint density at radius 3 is 2.67 bits per heavy atom. The highest BCUT2D eigenvalue weighted by molar-refractivity contribution is 5.95. The fourth-order valence-corrected chi connectivity index (χ4v) is 1.15. The van der Waals surface area contributed by atoms with E-state index in [9.17, 15) is 4.79 Å². The maximum atomic E-state index is 11.4. The number of carbonyl (C=O) groups is 1. The molecular formula is C11H16N2O2. The van der Waals surface area contributed by atoms with Crippen molar-refractivity contribution in [3.05, 3.63) is 23.8 Å². The summed E-state index contributed by atoms with van der Waals surface area (Å²) < 4.78 is 5.07. The molecule has 1 rings (SSSR count). The van der Waals surface area contributed by atoms with Gasteiger partial charge in [-0.25, -0.2) is 0 Å². The van der Waals surface area contributed by atoms with Crippen LogP contribution in [0.15, 0.2) is 18.2 Å². The number of nitrogens with two attached hydrogens (primary N) is 1. The summed E-state index contributed by atoms with van der Waals surface area (Å²) >= 11 is 0. The lowest BCUT2D eigenvalue weighted by Gasteiger charge is -2.11. The van der Waals surface area contributed by atoms with E-state index in [1.165, 1.54) is 0 Å². The molecule has 0 aliphatic carbocycles. The van der Waals surface area contributed by atoms with Gasteiger partial charge >= 0.3 is 0 Å². The number of amides is 1. The number of methoxy groups -OCH3 is 1. The first-order chi connectivity index (χ1) is 7.04. The zero-order valence-electron chi connectivity index (χ0n) is 9.20. The van der Waals surface area contributed by atoms with Gasteiger partial charge in [0.25, 0.3) is 0 Å². The van der Waals surface area contributed by atoms with E-state index in [-0.39, 0.29) is 5.91 Å². The Balaban J connectivity index is 2.83. The molecular weight excluding hydrogens is 192 g/mol. The predicted molar refractivity (Wildman–Crippen MR) is 60.0 cm³/mol. The van der Waals surface area contributed by atoms with Crippen LogP contribution in [-0.4, -0.2) is 19.1 Å². The van der Waals surface area contributed by atoms with E-state index < -0.39 is 6.04 Å². The second-order valence-electron chi connectivity index (χ2n) is 3.46. The topological polar surface area (TPSA) is 64.3 Å². The molecule has 0 radical (unpaired) electrons. The minimum Gasteiger partial charge on any atom is -0.497 e. The van der Waals surface area contributed by atoms with Crippen LogP contribution < -0.4 is 15.8 Å². The first-order valence-electron chi connectivity index (χ1n) is 4.75. The lowest BCUT2D eigenvalue weighted by Crippen LogP contribution is -2.32. The van der Waals surface area contributed by atoms with Crippen LogP contribution in [-0.2, 0) is 4.79 Å². The highest BCUT2D eigenvalue weighted by atomic mass is 16.5. The molecule has 0 bridgehead atoms. The maximum absolute atomic E-state index is 11.4.